The molecule has 0 amide bonds. The van der Waals surface area contributed by atoms with Gasteiger partial charge >= 0.3 is 0 Å². The summed E-state index contributed by atoms with van der Waals surface area (Å²) >= 11 is 0. The molecule has 0 bridgehead atoms. The smallest absolute Gasteiger partial charge is 0.235 e. The van der Waals surface area contributed by atoms with Gasteiger partial charge in [-0.15, -0.1) is 0 Å². The summed E-state index contributed by atoms with van der Waals surface area (Å²) in [6.07, 6.45) is 3.19. The van der Waals surface area contributed by atoms with Gasteiger partial charge in [-0.2, -0.15) is 4.99 Å². The molecule has 0 aliphatic carbocycles. The topological polar surface area (TPSA) is 45.2 Å². The third kappa shape index (κ3) is 1.53. The molecule has 1 aromatic carbocycles. The lowest BCUT2D eigenvalue weighted by Gasteiger charge is -2.16. The Kier molecular flexibility index (Phi) is 2.37. The van der Waals surface area contributed by atoms with Gasteiger partial charge in [-0.05, 0) is 26.0 Å². The Balaban J connectivity index is 2.75. The standard InChI is InChI=1S/C12H11FN2O/c1-12(2,15-7-16)8-6-14-10-5-3-4-9(13)11(8)10/h3-6,14H,1-2H3. The minimum absolute atomic E-state index is 0.317. The third-order valence-electron chi connectivity index (χ3n) is 2.64. The first-order valence-electron chi connectivity index (χ1n) is 4.91. The van der Waals surface area contributed by atoms with E-state index in [1.165, 1.54) is 12.1 Å². The maximum atomic E-state index is 13.7. The Bertz CT molecular complexity index is 580. The van der Waals surface area contributed by atoms with Crippen LogP contribution in [0.2, 0.25) is 0 Å². The van der Waals surface area contributed by atoms with Crippen molar-refractivity contribution in [1.82, 2.24) is 4.98 Å². The lowest BCUT2D eigenvalue weighted by molar-refractivity contribution is 0.523. The fourth-order valence-electron chi connectivity index (χ4n) is 1.80. The van der Waals surface area contributed by atoms with E-state index in [9.17, 15) is 9.18 Å². The van der Waals surface area contributed by atoms with Crippen LogP contribution in [0.5, 0.6) is 0 Å². The van der Waals surface area contributed by atoms with Gasteiger partial charge in [0.1, 0.15) is 5.82 Å². The van der Waals surface area contributed by atoms with Gasteiger partial charge in [-0.1, -0.05) is 6.07 Å². The number of aromatic nitrogens is 1. The predicted octanol–water partition coefficient (Wildman–Crippen LogP) is 2.88. The van der Waals surface area contributed by atoms with Gasteiger partial charge in [0.25, 0.3) is 0 Å². The number of nitrogens with zero attached hydrogens (tertiary/aromatic N) is 1. The fraction of sp³-hybridized carbons (Fsp3) is 0.250. The van der Waals surface area contributed by atoms with E-state index in [2.05, 4.69) is 9.98 Å². The highest BCUT2D eigenvalue weighted by Gasteiger charge is 2.24. The number of rotatable bonds is 2. The van der Waals surface area contributed by atoms with Crippen LogP contribution in [0.3, 0.4) is 0 Å². The number of carbonyl (C=O) groups excluding carboxylic acids is 1. The van der Waals surface area contributed by atoms with Gasteiger partial charge < -0.3 is 4.98 Å². The molecule has 0 aliphatic rings. The van der Waals surface area contributed by atoms with Gasteiger partial charge in [-0.3, -0.25) is 0 Å². The molecular weight excluding hydrogens is 207 g/mol. The van der Waals surface area contributed by atoms with Crippen molar-refractivity contribution >= 4 is 17.0 Å². The second-order valence-electron chi connectivity index (χ2n) is 4.13. The highest BCUT2D eigenvalue weighted by molar-refractivity contribution is 5.84. The predicted molar refractivity (Wildman–Crippen MR) is 59.4 cm³/mol. The summed E-state index contributed by atoms with van der Waals surface area (Å²) in [6.45, 7) is 3.49. The maximum Gasteiger partial charge on any atom is 0.235 e. The van der Waals surface area contributed by atoms with Crippen LogP contribution in [0.15, 0.2) is 29.4 Å². The van der Waals surface area contributed by atoms with Crippen LogP contribution in [0.1, 0.15) is 19.4 Å². The molecule has 1 aromatic heterocycles. The van der Waals surface area contributed by atoms with Crippen molar-refractivity contribution in [2.75, 3.05) is 0 Å². The minimum atomic E-state index is -0.776. The normalized spacial score (nSPS) is 11.4. The molecule has 0 saturated heterocycles. The van der Waals surface area contributed by atoms with E-state index >= 15 is 0 Å². The Labute approximate surface area is 92.0 Å². The summed E-state index contributed by atoms with van der Waals surface area (Å²) < 4.78 is 13.7. The Morgan fingerprint density at radius 3 is 2.88 bits per heavy atom. The first-order valence-corrected chi connectivity index (χ1v) is 4.91. The summed E-state index contributed by atoms with van der Waals surface area (Å²) in [4.78, 5) is 17.0. The molecule has 1 heterocycles. The first kappa shape index (κ1) is 10.6. The highest BCUT2D eigenvalue weighted by Crippen LogP contribution is 2.32. The van der Waals surface area contributed by atoms with Gasteiger partial charge in [0, 0.05) is 22.7 Å². The number of aromatic amines is 1. The number of halogens is 1. The van der Waals surface area contributed by atoms with E-state index in [1.54, 1.807) is 32.2 Å². The molecule has 3 nitrogen and oxygen atoms in total. The summed E-state index contributed by atoms with van der Waals surface area (Å²) in [5.74, 6) is -0.317. The van der Waals surface area contributed by atoms with Crippen molar-refractivity contribution in [3.05, 3.63) is 35.8 Å². The van der Waals surface area contributed by atoms with Gasteiger partial charge in [-0.25, -0.2) is 9.18 Å². The zero-order valence-electron chi connectivity index (χ0n) is 9.04. The largest absolute Gasteiger partial charge is 0.361 e. The summed E-state index contributed by atoms with van der Waals surface area (Å²) in [5, 5.41) is 0.478. The van der Waals surface area contributed by atoms with Crippen LogP contribution in [-0.4, -0.2) is 11.1 Å². The number of isocyanates is 1. The van der Waals surface area contributed by atoms with Crippen LogP contribution in [0, 0.1) is 5.82 Å². The van der Waals surface area contributed by atoms with E-state index < -0.39 is 5.54 Å². The Morgan fingerprint density at radius 1 is 1.44 bits per heavy atom. The minimum Gasteiger partial charge on any atom is -0.361 e. The molecule has 0 aliphatic heterocycles. The third-order valence-corrected chi connectivity index (χ3v) is 2.64. The van der Waals surface area contributed by atoms with E-state index in [0.29, 0.717) is 16.5 Å². The average molecular weight is 218 g/mol. The molecule has 2 rings (SSSR count). The van der Waals surface area contributed by atoms with Crippen molar-refractivity contribution in [2.24, 2.45) is 4.99 Å². The molecule has 2 aromatic rings. The van der Waals surface area contributed by atoms with Crippen molar-refractivity contribution < 1.29 is 9.18 Å². The molecule has 1 N–H and O–H groups in total. The SMILES string of the molecule is CC(C)(N=C=O)c1c[nH]c2cccc(F)c12. The van der Waals surface area contributed by atoms with Gasteiger partial charge in [0.05, 0.1) is 5.54 Å². The first-order chi connectivity index (χ1) is 7.56. The second kappa shape index (κ2) is 3.58. The number of nitrogens with one attached hydrogen (secondary N) is 1. The van der Waals surface area contributed by atoms with E-state index in [4.69, 9.17) is 0 Å². The molecule has 0 fully saturated rings. The highest BCUT2D eigenvalue weighted by atomic mass is 19.1. The zero-order chi connectivity index (χ0) is 11.8. The Morgan fingerprint density at radius 2 is 2.19 bits per heavy atom. The van der Waals surface area contributed by atoms with Gasteiger partial charge in [0.2, 0.25) is 6.08 Å². The molecule has 82 valence electrons. The Hall–Kier alpha value is -1.93. The average Bonchev–Trinajstić information content (AvgIpc) is 2.63. The van der Waals surface area contributed by atoms with Crippen molar-refractivity contribution in [2.45, 2.75) is 19.4 Å². The number of benzene rings is 1. The zero-order valence-corrected chi connectivity index (χ0v) is 9.04. The van der Waals surface area contributed by atoms with E-state index in [0.717, 1.165) is 0 Å². The van der Waals surface area contributed by atoms with Crippen molar-refractivity contribution in [1.29, 1.82) is 0 Å². The maximum absolute atomic E-state index is 13.7. The molecule has 0 unspecified atom stereocenters. The lowest BCUT2D eigenvalue weighted by atomic mass is 9.94. The molecule has 4 heteroatoms. The monoisotopic (exact) mass is 218 g/mol. The molecular formula is C12H11FN2O. The molecule has 0 saturated carbocycles. The number of hydrogen-bond acceptors (Lipinski definition) is 2. The van der Waals surface area contributed by atoms with Crippen LogP contribution >= 0.6 is 0 Å². The summed E-state index contributed by atoms with van der Waals surface area (Å²) in [5.41, 5.74) is 0.579. The van der Waals surface area contributed by atoms with Crippen molar-refractivity contribution in [3.63, 3.8) is 0 Å². The number of H-pyrrole nitrogens is 1. The van der Waals surface area contributed by atoms with Crippen molar-refractivity contribution in [3.8, 4) is 0 Å². The summed E-state index contributed by atoms with van der Waals surface area (Å²) in [6, 6.07) is 4.80. The van der Waals surface area contributed by atoms with Crippen LogP contribution in [0.4, 0.5) is 4.39 Å². The quantitative estimate of drug-likeness (QED) is 0.611. The van der Waals surface area contributed by atoms with Crippen LogP contribution in [-0.2, 0) is 10.3 Å². The van der Waals surface area contributed by atoms with Crippen LogP contribution in [0.25, 0.3) is 10.9 Å². The molecule has 0 spiro atoms. The molecule has 0 radical (unpaired) electrons. The number of fused-ring (bicyclic) bond motifs is 1. The fourth-order valence-corrected chi connectivity index (χ4v) is 1.80. The second-order valence-corrected chi connectivity index (χ2v) is 4.13. The number of aliphatic imine (C=N–C) groups is 1. The van der Waals surface area contributed by atoms with Crippen LogP contribution < -0.4 is 0 Å². The van der Waals surface area contributed by atoms with E-state index in [-0.39, 0.29) is 5.82 Å². The van der Waals surface area contributed by atoms with E-state index in [1.807, 2.05) is 0 Å². The van der Waals surface area contributed by atoms with Gasteiger partial charge in [0.15, 0.2) is 0 Å². The molecule has 0 atom stereocenters. The number of hydrogen-bond donors (Lipinski definition) is 1. The summed E-state index contributed by atoms with van der Waals surface area (Å²) in [7, 11) is 0. The molecule has 16 heavy (non-hydrogen) atoms. The lowest BCUT2D eigenvalue weighted by Crippen LogP contribution is -2.13.